The van der Waals surface area contributed by atoms with Crippen molar-refractivity contribution >= 4 is 5.91 Å². The normalized spacial score (nSPS) is 10.8. The Bertz CT molecular complexity index is 270. The first kappa shape index (κ1) is 17.9. The summed E-state index contributed by atoms with van der Waals surface area (Å²) < 4.78 is 0. The summed E-state index contributed by atoms with van der Waals surface area (Å²) in [4.78, 5) is 13.5. The molecule has 0 rings (SSSR count). The first-order valence-corrected chi connectivity index (χ1v) is 6.10. The average molecular weight is 235 g/mol. The number of carbonyl (C=O) groups is 1. The fraction of sp³-hybridized carbons (Fsp3) is 0.533. The minimum Gasteiger partial charge on any atom is -0.343 e. The highest BCUT2D eigenvalue weighted by Gasteiger charge is 2.06. The molecule has 0 unspecified atom stereocenters. The van der Waals surface area contributed by atoms with Crippen LogP contribution in [-0.2, 0) is 4.79 Å². The summed E-state index contributed by atoms with van der Waals surface area (Å²) in [5.41, 5.74) is 1.16. The van der Waals surface area contributed by atoms with Crippen molar-refractivity contribution in [1.82, 2.24) is 4.90 Å². The molecule has 0 fully saturated rings. The Balaban J connectivity index is 0. The summed E-state index contributed by atoms with van der Waals surface area (Å²) in [6.45, 7) is 9.75. The van der Waals surface area contributed by atoms with Gasteiger partial charge in [-0.05, 0) is 27.2 Å². The molecule has 0 aliphatic rings. The molecule has 17 heavy (non-hydrogen) atoms. The van der Waals surface area contributed by atoms with E-state index < -0.39 is 0 Å². The van der Waals surface area contributed by atoms with Crippen LogP contribution in [0.2, 0.25) is 0 Å². The van der Waals surface area contributed by atoms with Crippen LogP contribution < -0.4 is 0 Å². The van der Waals surface area contributed by atoms with E-state index in [0.717, 1.165) is 25.1 Å². The molecule has 0 saturated heterocycles. The molecule has 0 atom stereocenters. The summed E-state index contributed by atoms with van der Waals surface area (Å²) in [5, 5.41) is 0. The molecule has 0 aromatic heterocycles. The van der Waals surface area contributed by atoms with Crippen LogP contribution in [0.1, 0.15) is 40.5 Å². The second-order valence-corrected chi connectivity index (χ2v) is 3.53. The molecule has 0 heterocycles. The molecule has 0 aliphatic heterocycles. The Morgan fingerprint density at radius 2 is 1.71 bits per heavy atom. The molecular formula is C15H25NO. The van der Waals surface area contributed by atoms with Crippen LogP contribution in [0, 0.1) is 12.8 Å². The predicted molar refractivity (Wildman–Crippen MR) is 75.6 cm³/mol. The lowest BCUT2D eigenvalue weighted by molar-refractivity contribution is -0.129. The third-order valence-corrected chi connectivity index (χ3v) is 2.33. The van der Waals surface area contributed by atoms with Gasteiger partial charge in [0.05, 0.1) is 0 Å². The third kappa shape index (κ3) is 9.44. The molecule has 2 nitrogen and oxygen atoms in total. The molecule has 0 aromatic carbocycles. The van der Waals surface area contributed by atoms with Gasteiger partial charge < -0.3 is 4.90 Å². The largest absolute Gasteiger partial charge is 0.343 e. The van der Waals surface area contributed by atoms with E-state index in [-0.39, 0.29) is 5.91 Å². The van der Waals surface area contributed by atoms with E-state index in [1.165, 1.54) is 0 Å². The first-order chi connectivity index (χ1) is 8.15. The minimum absolute atomic E-state index is 0.212. The number of hydrogen-bond acceptors (Lipinski definition) is 1. The Morgan fingerprint density at radius 1 is 1.18 bits per heavy atom. The van der Waals surface area contributed by atoms with Crippen molar-refractivity contribution in [1.29, 1.82) is 0 Å². The summed E-state index contributed by atoms with van der Waals surface area (Å²) >= 11 is 0. The summed E-state index contributed by atoms with van der Waals surface area (Å²) in [6, 6.07) is 0. The van der Waals surface area contributed by atoms with Crippen LogP contribution in [0.5, 0.6) is 0 Å². The second-order valence-electron chi connectivity index (χ2n) is 3.53. The molecule has 0 radical (unpaired) electrons. The molecular weight excluding hydrogens is 210 g/mol. The average Bonchev–Trinajstić information content (AvgIpc) is 2.37. The molecule has 0 N–H and O–H groups in total. The topological polar surface area (TPSA) is 20.3 Å². The van der Waals surface area contributed by atoms with E-state index in [9.17, 15) is 4.79 Å². The minimum atomic E-state index is 0.212. The Hall–Kier alpha value is -1.49. The lowest BCUT2D eigenvalue weighted by atomic mass is 10.2. The van der Waals surface area contributed by atoms with Gasteiger partial charge >= 0.3 is 0 Å². The number of allylic oxidation sites excluding steroid dienone is 3. The number of carbonyl (C=O) groups excluding carboxylic acids is 1. The van der Waals surface area contributed by atoms with Gasteiger partial charge in [0.15, 0.2) is 0 Å². The van der Waals surface area contributed by atoms with Crippen molar-refractivity contribution in [3.63, 3.8) is 0 Å². The Morgan fingerprint density at radius 3 is 2.12 bits per heavy atom. The maximum Gasteiger partial charge on any atom is 0.226 e. The second kappa shape index (κ2) is 12.6. The van der Waals surface area contributed by atoms with Crippen LogP contribution in [0.25, 0.3) is 0 Å². The highest BCUT2D eigenvalue weighted by molar-refractivity contribution is 5.77. The van der Waals surface area contributed by atoms with Crippen molar-refractivity contribution in [2.45, 2.75) is 40.5 Å². The molecule has 2 heteroatoms. The highest BCUT2D eigenvalue weighted by atomic mass is 16.2. The highest BCUT2D eigenvalue weighted by Crippen LogP contribution is 2.01. The first-order valence-electron chi connectivity index (χ1n) is 6.10. The van der Waals surface area contributed by atoms with Crippen LogP contribution in [0.15, 0.2) is 23.8 Å². The fourth-order valence-corrected chi connectivity index (χ4v) is 1.33. The molecule has 0 bridgehead atoms. The van der Waals surface area contributed by atoms with Gasteiger partial charge in [-0.1, -0.05) is 30.7 Å². The molecule has 0 aromatic rings. The van der Waals surface area contributed by atoms with Gasteiger partial charge in [0.1, 0.15) is 0 Å². The van der Waals surface area contributed by atoms with Crippen molar-refractivity contribution < 1.29 is 4.79 Å². The summed E-state index contributed by atoms with van der Waals surface area (Å²) in [6.07, 6.45) is 15.7. The Labute approximate surface area is 106 Å². The van der Waals surface area contributed by atoms with Gasteiger partial charge in [-0.25, -0.2) is 0 Å². The number of amides is 1. The van der Waals surface area contributed by atoms with E-state index in [0.29, 0.717) is 6.42 Å². The summed E-state index contributed by atoms with van der Waals surface area (Å²) in [7, 11) is 0. The van der Waals surface area contributed by atoms with Crippen molar-refractivity contribution in [3.8, 4) is 12.8 Å². The van der Waals surface area contributed by atoms with Gasteiger partial charge in [-0.3, -0.25) is 4.79 Å². The Kier molecular flexibility index (Phi) is 13.2. The van der Waals surface area contributed by atoms with Crippen molar-refractivity contribution in [2.24, 2.45) is 0 Å². The fourth-order valence-electron chi connectivity index (χ4n) is 1.33. The molecule has 96 valence electrons. The molecule has 0 saturated carbocycles. The number of rotatable bonds is 6. The summed E-state index contributed by atoms with van der Waals surface area (Å²) in [5.74, 6) is 0.212. The smallest absolute Gasteiger partial charge is 0.226 e. The van der Waals surface area contributed by atoms with E-state index >= 15 is 0 Å². The van der Waals surface area contributed by atoms with Crippen LogP contribution in [0.4, 0.5) is 0 Å². The van der Waals surface area contributed by atoms with Gasteiger partial charge in [0.25, 0.3) is 0 Å². The van der Waals surface area contributed by atoms with Crippen LogP contribution in [0.3, 0.4) is 0 Å². The molecule has 0 spiro atoms. The maximum absolute atomic E-state index is 11.6. The molecule has 1 amide bonds. The van der Waals surface area contributed by atoms with Gasteiger partial charge in [0, 0.05) is 19.5 Å². The zero-order chi connectivity index (χ0) is 13.7. The van der Waals surface area contributed by atoms with E-state index in [4.69, 9.17) is 0 Å². The number of hydrogen-bond donors (Lipinski definition) is 0. The van der Waals surface area contributed by atoms with Crippen molar-refractivity contribution in [3.05, 3.63) is 23.8 Å². The van der Waals surface area contributed by atoms with E-state index in [2.05, 4.69) is 31.9 Å². The monoisotopic (exact) mass is 235 g/mol. The van der Waals surface area contributed by atoms with Crippen LogP contribution in [-0.4, -0.2) is 23.9 Å². The lowest BCUT2D eigenvalue weighted by Gasteiger charge is -2.17. The SMILES string of the molecule is C#C.CC/C=C\C(C)=C/CC(=O)N(CC)CC. The zero-order valence-corrected chi connectivity index (χ0v) is 11.6. The molecule has 0 aliphatic carbocycles. The predicted octanol–water partition coefficient (Wildman–Crippen LogP) is 3.41. The standard InChI is InChI=1S/C13H23NO.C2H2/c1-5-8-9-12(4)10-11-13(15)14(6-2)7-3;1-2/h8-10H,5-7,11H2,1-4H3;1-2H/b9-8-,12-10-;. The zero-order valence-electron chi connectivity index (χ0n) is 11.6. The quantitative estimate of drug-likeness (QED) is 0.510. The number of terminal acetylenes is 1. The van der Waals surface area contributed by atoms with Gasteiger partial charge in [0.2, 0.25) is 5.91 Å². The van der Waals surface area contributed by atoms with E-state index in [1.54, 1.807) is 0 Å². The van der Waals surface area contributed by atoms with E-state index in [1.807, 2.05) is 31.7 Å². The maximum atomic E-state index is 11.6. The third-order valence-electron chi connectivity index (χ3n) is 2.33. The lowest BCUT2D eigenvalue weighted by Crippen LogP contribution is -2.29. The van der Waals surface area contributed by atoms with Gasteiger partial charge in [-0.2, -0.15) is 0 Å². The number of nitrogens with zero attached hydrogens (tertiary/aromatic N) is 1. The van der Waals surface area contributed by atoms with Gasteiger partial charge in [-0.15, -0.1) is 12.8 Å². The van der Waals surface area contributed by atoms with Crippen molar-refractivity contribution in [2.75, 3.05) is 13.1 Å². The van der Waals surface area contributed by atoms with Crippen LogP contribution >= 0.6 is 0 Å².